The van der Waals surface area contributed by atoms with Crippen LogP contribution in [-0.4, -0.2) is 55.0 Å². The summed E-state index contributed by atoms with van der Waals surface area (Å²) in [4.78, 5) is 30.7. The summed E-state index contributed by atoms with van der Waals surface area (Å²) in [6.45, 7) is 3.73. The van der Waals surface area contributed by atoms with E-state index >= 15 is 0 Å². The van der Waals surface area contributed by atoms with E-state index in [1.54, 1.807) is 36.4 Å². The summed E-state index contributed by atoms with van der Waals surface area (Å²) in [7, 11) is 2.18. The number of anilines is 1. The number of benzene rings is 2. The van der Waals surface area contributed by atoms with Gasteiger partial charge in [0, 0.05) is 34.4 Å². The highest BCUT2D eigenvalue weighted by Crippen LogP contribution is 2.33. The summed E-state index contributed by atoms with van der Waals surface area (Å²) in [5, 5.41) is 6.66. The van der Waals surface area contributed by atoms with Gasteiger partial charge in [-0.2, -0.15) is 0 Å². The van der Waals surface area contributed by atoms with E-state index in [4.69, 9.17) is 23.2 Å². The molecule has 3 amide bonds. The quantitative estimate of drug-likeness (QED) is 0.572. The number of carbonyl (C=O) groups excluding carboxylic acids is 2. The molecule has 8 heteroatoms. The van der Waals surface area contributed by atoms with Gasteiger partial charge in [0.15, 0.2) is 0 Å². The van der Waals surface area contributed by atoms with Crippen LogP contribution in [0.3, 0.4) is 0 Å². The third-order valence-electron chi connectivity index (χ3n) is 7.12. The van der Waals surface area contributed by atoms with E-state index in [1.807, 2.05) is 17.0 Å². The molecule has 2 aromatic rings. The molecule has 2 heterocycles. The normalized spacial score (nSPS) is 19.0. The lowest BCUT2D eigenvalue weighted by Gasteiger charge is -2.40. The van der Waals surface area contributed by atoms with Gasteiger partial charge in [0.2, 0.25) is 5.91 Å². The van der Waals surface area contributed by atoms with Gasteiger partial charge in [-0.15, -0.1) is 0 Å². The minimum absolute atomic E-state index is 0.124. The molecule has 0 unspecified atom stereocenters. The molecule has 2 aromatic carbocycles. The fourth-order valence-electron chi connectivity index (χ4n) is 5.09. The number of hydrogen-bond donors (Lipinski definition) is 2. The van der Waals surface area contributed by atoms with Crippen molar-refractivity contribution < 1.29 is 9.59 Å². The van der Waals surface area contributed by atoms with E-state index < -0.39 is 12.1 Å². The molecule has 2 fully saturated rings. The summed E-state index contributed by atoms with van der Waals surface area (Å²) < 4.78 is 0. The van der Waals surface area contributed by atoms with Crippen molar-refractivity contribution in [1.82, 2.24) is 15.1 Å². The van der Waals surface area contributed by atoms with Crippen LogP contribution in [-0.2, 0) is 4.79 Å². The molecule has 2 aliphatic rings. The predicted octanol–water partition coefficient (Wildman–Crippen LogP) is 5.44. The number of rotatable bonds is 5. The number of piperidine rings is 2. The van der Waals surface area contributed by atoms with Crippen LogP contribution in [0.2, 0.25) is 10.0 Å². The first kappa shape index (κ1) is 24.8. The summed E-state index contributed by atoms with van der Waals surface area (Å²) in [5.41, 5.74) is 1.18. The summed E-state index contributed by atoms with van der Waals surface area (Å²) in [5.74, 6) is 1.29. The molecule has 0 spiro atoms. The minimum atomic E-state index is -0.860. The van der Waals surface area contributed by atoms with E-state index in [1.165, 1.54) is 12.8 Å². The number of carbonyl (C=O) groups is 2. The lowest BCUT2D eigenvalue weighted by molar-refractivity contribution is -0.135. The lowest BCUT2D eigenvalue weighted by Crippen LogP contribution is -2.48. The average Bonchev–Trinajstić information content (AvgIpc) is 2.85. The largest absolute Gasteiger partial charge is 0.341 e. The zero-order chi connectivity index (χ0) is 24.1. The smallest absolute Gasteiger partial charge is 0.320 e. The van der Waals surface area contributed by atoms with Crippen LogP contribution in [0, 0.1) is 11.8 Å². The van der Waals surface area contributed by atoms with Gasteiger partial charge in [-0.3, -0.25) is 4.79 Å². The Hall–Kier alpha value is -2.28. The van der Waals surface area contributed by atoms with Crippen molar-refractivity contribution >= 4 is 40.8 Å². The Balaban J connectivity index is 1.42. The van der Waals surface area contributed by atoms with Crippen molar-refractivity contribution in [3.05, 3.63) is 64.1 Å². The first-order chi connectivity index (χ1) is 16.4. The third-order valence-corrected chi connectivity index (χ3v) is 7.72. The van der Waals surface area contributed by atoms with Crippen LogP contribution in [0.1, 0.15) is 37.3 Å². The second-order valence-corrected chi connectivity index (χ2v) is 10.2. The maximum atomic E-state index is 13.6. The summed E-state index contributed by atoms with van der Waals surface area (Å²) >= 11 is 12.4. The fourth-order valence-corrected chi connectivity index (χ4v) is 5.46. The highest BCUT2D eigenvalue weighted by atomic mass is 35.5. The van der Waals surface area contributed by atoms with Crippen molar-refractivity contribution in [3.8, 4) is 0 Å². The Morgan fingerprint density at radius 1 is 0.882 bits per heavy atom. The van der Waals surface area contributed by atoms with Crippen LogP contribution in [0.15, 0.2) is 48.5 Å². The van der Waals surface area contributed by atoms with E-state index in [0.717, 1.165) is 31.8 Å². The zero-order valence-electron chi connectivity index (χ0n) is 19.5. The van der Waals surface area contributed by atoms with Gasteiger partial charge < -0.3 is 20.4 Å². The average molecular weight is 503 g/mol. The molecule has 2 N–H and O–H groups in total. The molecule has 2 aliphatic heterocycles. The van der Waals surface area contributed by atoms with Crippen LogP contribution in [0.25, 0.3) is 0 Å². The molecule has 0 aliphatic carbocycles. The lowest BCUT2D eigenvalue weighted by atomic mass is 9.79. The number of hydrogen-bond acceptors (Lipinski definition) is 3. The molecule has 0 saturated carbocycles. The summed E-state index contributed by atoms with van der Waals surface area (Å²) in [6, 6.07) is 12.7. The predicted molar refractivity (Wildman–Crippen MR) is 137 cm³/mol. The highest BCUT2D eigenvalue weighted by Gasteiger charge is 2.34. The van der Waals surface area contributed by atoms with Crippen molar-refractivity contribution in [1.29, 1.82) is 0 Å². The Kier molecular flexibility index (Phi) is 8.35. The minimum Gasteiger partial charge on any atom is -0.341 e. The number of urea groups is 1. The maximum absolute atomic E-state index is 13.6. The van der Waals surface area contributed by atoms with E-state index in [2.05, 4.69) is 22.6 Å². The SMILES string of the molecule is CN1CCC(C2CCN(C(=O)[C@H](NC(=O)Nc3ccc(Cl)cc3)c3ccccc3Cl)CC2)CC1. The Morgan fingerprint density at radius 3 is 2.09 bits per heavy atom. The van der Waals surface area contributed by atoms with Gasteiger partial charge in [-0.1, -0.05) is 41.4 Å². The standard InChI is InChI=1S/C26H32Cl2N4O2/c1-31-14-10-18(11-15-31)19-12-16-32(17-13-19)25(33)24(22-4-2-3-5-23(22)28)30-26(34)29-21-8-6-20(27)7-9-21/h2-9,18-19,24H,10-17H2,1H3,(H2,29,30,34)/t24-/m1/s1. The molecule has 182 valence electrons. The monoisotopic (exact) mass is 502 g/mol. The maximum Gasteiger partial charge on any atom is 0.320 e. The zero-order valence-corrected chi connectivity index (χ0v) is 21.0. The molecule has 0 aromatic heterocycles. The first-order valence-corrected chi connectivity index (χ1v) is 12.7. The Labute approximate surface area is 211 Å². The van der Waals surface area contributed by atoms with Gasteiger partial charge in [-0.05, 0) is 88.0 Å². The molecule has 6 nitrogen and oxygen atoms in total. The number of amides is 3. The second-order valence-electron chi connectivity index (χ2n) is 9.36. The summed E-state index contributed by atoms with van der Waals surface area (Å²) in [6.07, 6.45) is 4.49. The second kappa shape index (κ2) is 11.4. The molecule has 0 radical (unpaired) electrons. The molecule has 2 saturated heterocycles. The number of likely N-dealkylation sites (tertiary alicyclic amines) is 2. The van der Waals surface area contributed by atoms with Gasteiger partial charge in [-0.25, -0.2) is 4.79 Å². The van der Waals surface area contributed by atoms with Crippen LogP contribution in [0.4, 0.5) is 10.5 Å². The van der Waals surface area contributed by atoms with Crippen LogP contribution < -0.4 is 10.6 Å². The number of nitrogens with one attached hydrogen (secondary N) is 2. The van der Waals surface area contributed by atoms with E-state index in [9.17, 15) is 9.59 Å². The molecular formula is C26H32Cl2N4O2. The van der Waals surface area contributed by atoms with Gasteiger partial charge in [0.05, 0.1) is 0 Å². The molecule has 4 rings (SSSR count). The topological polar surface area (TPSA) is 64.7 Å². The Bertz CT molecular complexity index is 985. The van der Waals surface area contributed by atoms with Crippen molar-refractivity contribution in [2.24, 2.45) is 11.8 Å². The van der Waals surface area contributed by atoms with Crippen LogP contribution >= 0.6 is 23.2 Å². The van der Waals surface area contributed by atoms with Crippen molar-refractivity contribution in [2.45, 2.75) is 31.7 Å². The van der Waals surface area contributed by atoms with Gasteiger partial charge >= 0.3 is 6.03 Å². The van der Waals surface area contributed by atoms with E-state index in [0.29, 0.717) is 40.3 Å². The van der Waals surface area contributed by atoms with Gasteiger partial charge in [0.1, 0.15) is 6.04 Å². The molecule has 0 bridgehead atoms. The fraction of sp³-hybridized carbons (Fsp3) is 0.462. The van der Waals surface area contributed by atoms with Gasteiger partial charge in [0.25, 0.3) is 0 Å². The Morgan fingerprint density at radius 2 is 1.47 bits per heavy atom. The number of nitrogens with zero attached hydrogens (tertiary/aromatic N) is 2. The highest BCUT2D eigenvalue weighted by molar-refractivity contribution is 6.31. The van der Waals surface area contributed by atoms with Crippen molar-refractivity contribution in [3.63, 3.8) is 0 Å². The van der Waals surface area contributed by atoms with E-state index in [-0.39, 0.29) is 5.91 Å². The first-order valence-electron chi connectivity index (χ1n) is 12.0. The van der Waals surface area contributed by atoms with Crippen LogP contribution in [0.5, 0.6) is 0 Å². The third kappa shape index (κ3) is 6.23. The molecule has 34 heavy (non-hydrogen) atoms. The van der Waals surface area contributed by atoms with Crippen molar-refractivity contribution in [2.75, 3.05) is 38.5 Å². The molecular weight excluding hydrogens is 471 g/mol. The molecule has 1 atom stereocenters. The number of halogens is 2.